The minimum atomic E-state index is -1.06. The van der Waals surface area contributed by atoms with E-state index in [2.05, 4.69) is 16.0 Å². The Morgan fingerprint density at radius 3 is 1.92 bits per heavy atom. The van der Waals surface area contributed by atoms with Gasteiger partial charge in [0.15, 0.2) is 5.78 Å². The maximum absolute atomic E-state index is 12.6. The lowest BCUT2D eigenvalue weighted by atomic mass is 9.99. The fraction of sp³-hybridized carbons (Fsp3) is 0.207. The van der Waals surface area contributed by atoms with Gasteiger partial charge < -0.3 is 21.7 Å². The van der Waals surface area contributed by atoms with Crippen LogP contribution in [0.3, 0.4) is 0 Å². The molecule has 3 aromatic rings. The number of carbonyl (C=O) groups excluding carboxylic acids is 5. The molecule has 1 saturated heterocycles. The fourth-order valence-corrected chi connectivity index (χ4v) is 4.26. The first-order valence-corrected chi connectivity index (χ1v) is 12.2. The minimum absolute atomic E-state index is 0.100. The van der Waals surface area contributed by atoms with Crippen molar-refractivity contribution in [1.29, 1.82) is 0 Å². The van der Waals surface area contributed by atoms with Gasteiger partial charge in [0.2, 0.25) is 23.6 Å². The SMILES string of the molecule is NC(=O)[C@H](Cc1ccc(C(=O)c2ccccc2)cc1)NC(=O)C[C@@H]1NC(=O)[C@H](Cc2ccccc2)NC1=O. The third-order valence-corrected chi connectivity index (χ3v) is 6.31. The van der Waals surface area contributed by atoms with Gasteiger partial charge in [-0.1, -0.05) is 84.9 Å². The van der Waals surface area contributed by atoms with Crippen LogP contribution < -0.4 is 21.7 Å². The lowest BCUT2D eigenvalue weighted by Crippen LogP contribution is -2.63. The lowest BCUT2D eigenvalue weighted by Gasteiger charge is -2.29. The standard InChI is InChI=1S/C29H28N4O5/c30-27(36)22(15-19-11-13-21(14-12-19)26(35)20-9-5-2-6-10-20)31-25(34)17-24-29(38)32-23(28(37)33-24)16-18-7-3-1-4-8-18/h1-14,22-24H,15-17H2,(H2,30,36)(H,31,34)(H,32,38)(H,33,37)/t22-,23-,24-/m0/s1. The van der Waals surface area contributed by atoms with E-state index in [0.29, 0.717) is 23.1 Å². The second kappa shape index (κ2) is 12.0. The third kappa shape index (κ3) is 6.70. The third-order valence-electron chi connectivity index (χ3n) is 6.31. The quantitative estimate of drug-likeness (QED) is 0.300. The van der Waals surface area contributed by atoms with E-state index in [-0.39, 0.29) is 24.5 Å². The van der Waals surface area contributed by atoms with Gasteiger partial charge in [-0.2, -0.15) is 0 Å². The van der Waals surface area contributed by atoms with Gasteiger partial charge in [-0.25, -0.2) is 0 Å². The number of carbonyl (C=O) groups is 5. The van der Waals surface area contributed by atoms with E-state index in [1.54, 1.807) is 48.5 Å². The van der Waals surface area contributed by atoms with Crippen LogP contribution in [0.5, 0.6) is 0 Å². The van der Waals surface area contributed by atoms with Gasteiger partial charge in [-0.3, -0.25) is 24.0 Å². The molecule has 3 aromatic carbocycles. The molecule has 1 fully saturated rings. The van der Waals surface area contributed by atoms with Crippen LogP contribution in [0.15, 0.2) is 84.9 Å². The van der Waals surface area contributed by atoms with E-state index in [0.717, 1.165) is 5.56 Å². The number of piperazine rings is 1. The molecule has 4 amide bonds. The summed E-state index contributed by atoms with van der Waals surface area (Å²) >= 11 is 0. The largest absolute Gasteiger partial charge is 0.368 e. The van der Waals surface area contributed by atoms with Crippen molar-refractivity contribution in [2.75, 3.05) is 0 Å². The Balaban J connectivity index is 1.32. The van der Waals surface area contributed by atoms with Crippen molar-refractivity contribution in [3.05, 3.63) is 107 Å². The Morgan fingerprint density at radius 1 is 0.737 bits per heavy atom. The summed E-state index contributed by atoms with van der Waals surface area (Å²) in [7, 11) is 0. The Bertz CT molecular complexity index is 1330. The van der Waals surface area contributed by atoms with Crippen molar-refractivity contribution in [3.8, 4) is 0 Å². The van der Waals surface area contributed by atoms with Crippen LogP contribution >= 0.6 is 0 Å². The Labute approximate surface area is 219 Å². The van der Waals surface area contributed by atoms with Crippen LogP contribution in [0.25, 0.3) is 0 Å². The van der Waals surface area contributed by atoms with Crippen LogP contribution in [0.4, 0.5) is 0 Å². The molecule has 9 heteroatoms. The number of rotatable bonds is 10. The number of nitrogens with one attached hydrogen (secondary N) is 3. The van der Waals surface area contributed by atoms with Gasteiger partial charge in [-0.05, 0) is 11.1 Å². The molecular weight excluding hydrogens is 484 g/mol. The topological polar surface area (TPSA) is 147 Å². The minimum Gasteiger partial charge on any atom is -0.368 e. The first-order valence-electron chi connectivity index (χ1n) is 12.2. The zero-order chi connectivity index (χ0) is 27.1. The lowest BCUT2D eigenvalue weighted by molar-refractivity contribution is -0.138. The molecule has 194 valence electrons. The summed E-state index contributed by atoms with van der Waals surface area (Å²) in [4.78, 5) is 62.3. The molecule has 3 atom stereocenters. The first kappa shape index (κ1) is 26.3. The van der Waals surface area contributed by atoms with Crippen molar-refractivity contribution in [3.63, 3.8) is 0 Å². The van der Waals surface area contributed by atoms with Crippen LogP contribution in [0.2, 0.25) is 0 Å². The maximum Gasteiger partial charge on any atom is 0.243 e. The van der Waals surface area contributed by atoms with Crippen molar-refractivity contribution in [2.45, 2.75) is 37.4 Å². The van der Waals surface area contributed by atoms with Gasteiger partial charge in [0.25, 0.3) is 0 Å². The number of benzene rings is 3. The summed E-state index contributed by atoms with van der Waals surface area (Å²) < 4.78 is 0. The summed E-state index contributed by atoms with van der Waals surface area (Å²) in [6.07, 6.45) is 0.0873. The average Bonchev–Trinajstić information content (AvgIpc) is 2.92. The van der Waals surface area contributed by atoms with E-state index in [1.165, 1.54) is 0 Å². The Kier molecular flexibility index (Phi) is 8.27. The highest BCUT2D eigenvalue weighted by molar-refractivity contribution is 6.09. The van der Waals surface area contributed by atoms with E-state index >= 15 is 0 Å². The molecule has 4 rings (SSSR count). The number of amides is 4. The summed E-state index contributed by atoms with van der Waals surface area (Å²) in [6.45, 7) is 0. The predicted molar refractivity (Wildman–Crippen MR) is 140 cm³/mol. The molecule has 9 nitrogen and oxygen atoms in total. The molecule has 0 bridgehead atoms. The number of hydrogen-bond donors (Lipinski definition) is 4. The zero-order valence-corrected chi connectivity index (χ0v) is 20.6. The van der Waals surface area contributed by atoms with Crippen molar-refractivity contribution in [1.82, 2.24) is 16.0 Å². The number of primary amides is 1. The molecule has 0 aromatic heterocycles. The Morgan fingerprint density at radius 2 is 1.29 bits per heavy atom. The highest BCUT2D eigenvalue weighted by Gasteiger charge is 2.35. The fourth-order valence-electron chi connectivity index (χ4n) is 4.26. The van der Waals surface area contributed by atoms with E-state index in [1.807, 2.05) is 36.4 Å². The molecule has 5 N–H and O–H groups in total. The van der Waals surface area contributed by atoms with Gasteiger partial charge in [0.05, 0.1) is 6.42 Å². The van der Waals surface area contributed by atoms with E-state index in [4.69, 9.17) is 5.73 Å². The molecule has 1 aliphatic heterocycles. The van der Waals surface area contributed by atoms with Gasteiger partial charge in [0.1, 0.15) is 18.1 Å². The normalized spacial score (nSPS) is 17.6. The number of hydrogen-bond acceptors (Lipinski definition) is 5. The number of ketones is 1. The molecular formula is C29H28N4O5. The van der Waals surface area contributed by atoms with Crippen LogP contribution in [0.1, 0.15) is 33.5 Å². The van der Waals surface area contributed by atoms with Gasteiger partial charge >= 0.3 is 0 Å². The van der Waals surface area contributed by atoms with Crippen LogP contribution in [-0.2, 0) is 32.0 Å². The highest BCUT2D eigenvalue weighted by Crippen LogP contribution is 2.13. The van der Waals surface area contributed by atoms with Crippen molar-refractivity contribution in [2.24, 2.45) is 5.73 Å². The maximum atomic E-state index is 12.6. The molecule has 0 spiro atoms. The van der Waals surface area contributed by atoms with Crippen LogP contribution in [-0.4, -0.2) is 47.5 Å². The summed E-state index contributed by atoms with van der Waals surface area (Å²) in [5.74, 6) is -2.34. The molecule has 1 aliphatic rings. The molecule has 38 heavy (non-hydrogen) atoms. The first-order chi connectivity index (χ1) is 18.3. The van der Waals surface area contributed by atoms with E-state index < -0.39 is 35.8 Å². The summed E-state index contributed by atoms with van der Waals surface area (Å²) in [5, 5.41) is 7.80. The zero-order valence-electron chi connectivity index (χ0n) is 20.6. The smallest absolute Gasteiger partial charge is 0.243 e. The van der Waals surface area contributed by atoms with Gasteiger partial charge in [0, 0.05) is 24.0 Å². The van der Waals surface area contributed by atoms with Crippen LogP contribution in [0, 0.1) is 0 Å². The monoisotopic (exact) mass is 512 g/mol. The Hall–Kier alpha value is -4.79. The van der Waals surface area contributed by atoms with E-state index in [9.17, 15) is 24.0 Å². The summed E-state index contributed by atoms with van der Waals surface area (Å²) in [6, 6.07) is 22.0. The average molecular weight is 513 g/mol. The number of nitrogens with two attached hydrogens (primary N) is 1. The molecule has 1 heterocycles. The molecule has 0 aliphatic carbocycles. The predicted octanol–water partition coefficient (Wildman–Crippen LogP) is 1.05. The molecule has 0 saturated carbocycles. The highest BCUT2D eigenvalue weighted by atomic mass is 16.2. The molecule has 0 unspecified atom stereocenters. The van der Waals surface area contributed by atoms with Gasteiger partial charge in [-0.15, -0.1) is 0 Å². The second-order valence-electron chi connectivity index (χ2n) is 9.13. The second-order valence-corrected chi connectivity index (χ2v) is 9.13. The van der Waals surface area contributed by atoms with Crippen molar-refractivity contribution < 1.29 is 24.0 Å². The summed E-state index contributed by atoms with van der Waals surface area (Å²) in [5.41, 5.74) is 8.14. The van der Waals surface area contributed by atoms with Crippen molar-refractivity contribution >= 4 is 29.4 Å². The molecule has 0 radical (unpaired) electrons.